The largest absolute Gasteiger partial charge is 0.493 e. The van der Waals surface area contributed by atoms with Gasteiger partial charge >= 0.3 is 0 Å². The summed E-state index contributed by atoms with van der Waals surface area (Å²) in [5.41, 5.74) is 2.91. The van der Waals surface area contributed by atoms with Crippen molar-refractivity contribution in [3.63, 3.8) is 0 Å². The van der Waals surface area contributed by atoms with Gasteiger partial charge in [0.15, 0.2) is 11.5 Å². The van der Waals surface area contributed by atoms with E-state index in [-0.39, 0.29) is 48.1 Å². The van der Waals surface area contributed by atoms with Crippen LogP contribution in [-0.2, 0) is 11.3 Å². The third-order valence-corrected chi connectivity index (χ3v) is 5.92. The molecule has 1 fully saturated rings. The maximum Gasteiger partial charge on any atom is 0.286 e. The minimum Gasteiger partial charge on any atom is -0.493 e. The van der Waals surface area contributed by atoms with E-state index in [0.29, 0.717) is 12.2 Å². The van der Waals surface area contributed by atoms with Gasteiger partial charge in [-0.05, 0) is 12.5 Å². The van der Waals surface area contributed by atoms with Gasteiger partial charge in [-0.15, -0.1) is 11.3 Å². The van der Waals surface area contributed by atoms with Crippen molar-refractivity contribution in [3.8, 4) is 11.5 Å². The zero-order chi connectivity index (χ0) is 23.4. The molecule has 2 unspecified atom stereocenters. The maximum atomic E-state index is 13.4. The fourth-order valence-electron chi connectivity index (χ4n) is 3.74. The van der Waals surface area contributed by atoms with E-state index in [4.69, 9.17) is 14.2 Å². The van der Waals surface area contributed by atoms with Crippen LogP contribution in [0.15, 0.2) is 53.4 Å². The molecule has 2 aromatic carbocycles. The topological polar surface area (TPSA) is 104 Å². The Morgan fingerprint density at radius 2 is 2.06 bits per heavy atom. The first-order valence-corrected chi connectivity index (χ1v) is 11.3. The van der Waals surface area contributed by atoms with Gasteiger partial charge in [-0.1, -0.05) is 30.3 Å². The summed E-state index contributed by atoms with van der Waals surface area (Å²) in [6.45, 7) is 2.61. The Hall–Kier alpha value is -3.50. The predicted octanol–water partition coefficient (Wildman–Crippen LogP) is 4.24. The smallest absolute Gasteiger partial charge is 0.286 e. The van der Waals surface area contributed by atoms with Crippen LogP contribution >= 0.6 is 11.3 Å². The molecule has 0 bridgehead atoms. The molecule has 0 radical (unpaired) electrons. The summed E-state index contributed by atoms with van der Waals surface area (Å²) in [7, 11) is 1.42. The zero-order valence-electron chi connectivity index (χ0n) is 18.2. The molecule has 3 aromatic rings. The van der Waals surface area contributed by atoms with E-state index in [9.17, 15) is 14.9 Å². The van der Waals surface area contributed by atoms with Crippen molar-refractivity contribution in [1.29, 1.82) is 0 Å². The number of rotatable bonds is 7. The number of amides is 1. The second-order valence-corrected chi connectivity index (χ2v) is 8.32. The highest BCUT2D eigenvalue weighted by Crippen LogP contribution is 2.37. The molecule has 0 spiro atoms. The first-order chi connectivity index (χ1) is 16.0. The quantitative estimate of drug-likeness (QED) is 0.376. The van der Waals surface area contributed by atoms with E-state index in [1.807, 2.05) is 42.6 Å². The predicted molar refractivity (Wildman–Crippen MR) is 122 cm³/mol. The molecule has 2 atom stereocenters. The third kappa shape index (κ3) is 5.12. The van der Waals surface area contributed by atoms with Crippen LogP contribution in [0.4, 0.5) is 5.69 Å². The molecule has 10 heteroatoms. The lowest BCUT2D eigenvalue weighted by Crippen LogP contribution is -2.46. The Morgan fingerprint density at radius 1 is 1.27 bits per heavy atom. The van der Waals surface area contributed by atoms with Crippen LogP contribution in [0.5, 0.6) is 11.5 Å². The van der Waals surface area contributed by atoms with E-state index < -0.39 is 10.8 Å². The number of morpholine rings is 1. The van der Waals surface area contributed by atoms with Gasteiger partial charge in [0.05, 0.1) is 42.0 Å². The number of hydrogen-bond donors (Lipinski definition) is 0. The summed E-state index contributed by atoms with van der Waals surface area (Å²) in [5.74, 6) is -0.0477. The van der Waals surface area contributed by atoms with Crippen LogP contribution in [0.2, 0.25) is 0 Å². The number of carbonyl (C=O) groups is 1. The van der Waals surface area contributed by atoms with Crippen molar-refractivity contribution in [2.75, 3.05) is 20.2 Å². The molecule has 1 amide bonds. The second-order valence-electron chi connectivity index (χ2n) is 7.60. The highest BCUT2D eigenvalue weighted by Gasteiger charge is 2.34. The van der Waals surface area contributed by atoms with Crippen molar-refractivity contribution in [1.82, 2.24) is 9.88 Å². The molecule has 0 N–H and O–H groups in total. The van der Waals surface area contributed by atoms with Gasteiger partial charge in [0, 0.05) is 18.0 Å². The van der Waals surface area contributed by atoms with Gasteiger partial charge in [-0.25, -0.2) is 4.98 Å². The second kappa shape index (κ2) is 9.97. The molecule has 33 heavy (non-hydrogen) atoms. The lowest BCUT2D eigenvalue weighted by Gasteiger charge is -2.37. The molecule has 4 rings (SSSR count). The van der Waals surface area contributed by atoms with Crippen LogP contribution in [0.25, 0.3) is 0 Å². The summed E-state index contributed by atoms with van der Waals surface area (Å²) in [5, 5.41) is 13.7. The molecular weight excluding hydrogens is 446 g/mol. The van der Waals surface area contributed by atoms with Gasteiger partial charge in [-0.3, -0.25) is 14.9 Å². The molecule has 2 heterocycles. The summed E-state index contributed by atoms with van der Waals surface area (Å²) in [6.07, 6.45) is -0.546. The number of ether oxygens (including phenoxy) is 3. The maximum absolute atomic E-state index is 13.4. The lowest BCUT2D eigenvalue weighted by atomic mass is 10.0. The summed E-state index contributed by atoms with van der Waals surface area (Å²) < 4.78 is 17.1. The highest BCUT2D eigenvalue weighted by atomic mass is 32.1. The summed E-state index contributed by atoms with van der Waals surface area (Å²) in [4.78, 5) is 30.4. The molecule has 0 aliphatic carbocycles. The number of carbonyl (C=O) groups excluding carboxylic acids is 1. The number of hydrogen-bond acceptors (Lipinski definition) is 8. The molecular formula is C23H23N3O6S. The third-order valence-electron chi connectivity index (χ3n) is 5.29. The van der Waals surface area contributed by atoms with Gasteiger partial charge in [0.25, 0.3) is 11.6 Å². The van der Waals surface area contributed by atoms with E-state index in [2.05, 4.69) is 4.98 Å². The molecule has 9 nitrogen and oxygen atoms in total. The van der Waals surface area contributed by atoms with E-state index in [1.54, 1.807) is 10.4 Å². The normalized spacial score (nSPS) is 18.1. The fraction of sp³-hybridized carbons (Fsp3) is 0.304. The Balaban J connectivity index is 1.62. The number of methoxy groups -OCH3 is 1. The fourth-order valence-corrected chi connectivity index (χ4v) is 4.29. The van der Waals surface area contributed by atoms with Crippen LogP contribution in [0, 0.1) is 10.1 Å². The average Bonchev–Trinajstić information content (AvgIpc) is 3.35. The van der Waals surface area contributed by atoms with Gasteiger partial charge < -0.3 is 19.1 Å². The SMILES string of the molecule is COc1cc(C(=O)N2CC(C)OC(c3ccccc3)C2)c([N+](=O)[O-])cc1OCc1cscn1. The molecule has 1 saturated heterocycles. The lowest BCUT2D eigenvalue weighted by molar-refractivity contribution is -0.385. The number of nitro groups is 1. The van der Waals surface area contributed by atoms with Crippen molar-refractivity contribution in [3.05, 3.63) is 80.3 Å². The van der Waals surface area contributed by atoms with Crippen LogP contribution in [0.3, 0.4) is 0 Å². The molecule has 1 aliphatic heterocycles. The Labute approximate surface area is 194 Å². The zero-order valence-corrected chi connectivity index (χ0v) is 19.0. The Morgan fingerprint density at radius 3 is 2.73 bits per heavy atom. The number of nitro benzene ring substituents is 1. The monoisotopic (exact) mass is 469 g/mol. The van der Waals surface area contributed by atoms with Crippen molar-refractivity contribution >= 4 is 22.9 Å². The summed E-state index contributed by atoms with van der Waals surface area (Å²) >= 11 is 1.42. The van der Waals surface area contributed by atoms with Crippen molar-refractivity contribution in [2.24, 2.45) is 0 Å². The first kappa shape index (κ1) is 22.7. The number of benzene rings is 2. The van der Waals surface area contributed by atoms with Crippen LogP contribution in [0.1, 0.15) is 34.6 Å². The van der Waals surface area contributed by atoms with Gasteiger partial charge in [0.1, 0.15) is 18.3 Å². The summed E-state index contributed by atoms with van der Waals surface area (Å²) in [6, 6.07) is 12.2. The van der Waals surface area contributed by atoms with Crippen LogP contribution < -0.4 is 9.47 Å². The van der Waals surface area contributed by atoms with Crippen molar-refractivity contribution < 1.29 is 23.9 Å². The average molecular weight is 470 g/mol. The number of nitrogens with zero attached hydrogens (tertiary/aromatic N) is 3. The minimum absolute atomic E-state index is 0.0567. The molecule has 0 saturated carbocycles. The standard InChI is InChI=1S/C23H23N3O6S/c1-15-10-25(11-22(32-15)16-6-4-3-5-7-16)23(27)18-8-20(30-2)21(9-19(18)26(28)29)31-12-17-13-33-14-24-17/h3-9,13-15,22H,10-12H2,1-2H3. The number of aromatic nitrogens is 1. The first-order valence-electron chi connectivity index (χ1n) is 10.3. The minimum atomic E-state index is -0.582. The molecule has 172 valence electrons. The highest BCUT2D eigenvalue weighted by molar-refractivity contribution is 7.07. The van der Waals surface area contributed by atoms with E-state index in [0.717, 1.165) is 5.56 Å². The van der Waals surface area contributed by atoms with Crippen LogP contribution in [-0.4, -0.2) is 47.0 Å². The van der Waals surface area contributed by atoms with E-state index in [1.165, 1.54) is 30.6 Å². The Kier molecular flexibility index (Phi) is 6.85. The Bertz CT molecular complexity index is 1120. The molecule has 1 aromatic heterocycles. The molecule has 1 aliphatic rings. The number of thiazole rings is 1. The van der Waals surface area contributed by atoms with Gasteiger partial charge in [-0.2, -0.15) is 0 Å². The van der Waals surface area contributed by atoms with Crippen molar-refractivity contribution in [2.45, 2.75) is 25.7 Å². The van der Waals surface area contributed by atoms with Gasteiger partial charge in [0.2, 0.25) is 0 Å². The van der Waals surface area contributed by atoms with E-state index >= 15 is 0 Å².